The van der Waals surface area contributed by atoms with Crippen LogP contribution in [-0.4, -0.2) is 25.4 Å². The first-order valence-electron chi connectivity index (χ1n) is 5.83. The second-order valence-electron chi connectivity index (χ2n) is 3.89. The summed E-state index contributed by atoms with van der Waals surface area (Å²) in [4.78, 5) is 11.4. The van der Waals surface area contributed by atoms with Gasteiger partial charge in [-0.15, -0.1) is 19.8 Å². The number of carbonyl (C=O) groups excluding carboxylic acids is 1. The highest BCUT2D eigenvalue weighted by Crippen LogP contribution is 2.22. The molecule has 0 radical (unpaired) electrons. The molecule has 1 rings (SSSR count). The van der Waals surface area contributed by atoms with Crippen LogP contribution in [0.1, 0.15) is 5.56 Å². The Labute approximate surface area is 114 Å². The van der Waals surface area contributed by atoms with Crippen LogP contribution in [0.4, 0.5) is 13.2 Å². The Hall–Kier alpha value is -2.02. The van der Waals surface area contributed by atoms with Crippen LogP contribution in [0.5, 0.6) is 5.75 Å². The number of nitrogens with one attached hydrogen (secondary N) is 2. The fraction of sp³-hybridized carbons (Fsp3) is 0.308. The van der Waals surface area contributed by atoms with Gasteiger partial charge in [-0.25, -0.2) is 0 Å². The van der Waals surface area contributed by atoms with Crippen LogP contribution in [0.2, 0.25) is 0 Å². The molecule has 1 amide bonds. The minimum absolute atomic E-state index is 0.154. The topological polar surface area (TPSA) is 50.4 Å². The van der Waals surface area contributed by atoms with Crippen LogP contribution in [0, 0.1) is 0 Å². The molecule has 110 valence electrons. The molecule has 7 heteroatoms. The van der Waals surface area contributed by atoms with Crippen LogP contribution in [0.3, 0.4) is 0 Å². The quantitative estimate of drug-likeness (QED) is 0.596. The summed E-state index contributed by atoms with van der Waals surface area (Å²) in [7, 11) is 0. The van der Waals surface area contributed by atoms with E-state index in [2.05, 4.69) is 21.9 Å². The fourth-order valence-corrected chi connectivity index (χ4v) is 1.36. The van der Waals surface area contributed by atoms with Crippen LogP contribution >= 0.6 is 0 Å². The van der Waals surface area contributed by atoms with Gasteiger partial charge in [0.25, 0.3) is 0 Å². The number of carbonyl (C=O) groups is 1. The molecule has 0 bridgehead atoms. The molecule has 0 unspecified atom stereocenters. The van der Waals surface area contributed by atoms with E-state index < -0.39 is 6.36 Å². The number of amides is 1. The van der Waals surface area contributed by atoms with Gasteiger partial charge in [0.2, 0.25) is 5.91 Å². The molecule has 0 saturated carbocycles. The Morgan fingerprint density at radius 1 is 1.30 bits per heavy atom. The van der Waals surface area contributed by atoms with E-state index in [9.17, 15) is 18.0 Å². The van der Waals surface area contributed by atoms with Gasteiger partial charge in [-0.1, -0.05) is 18.2 Å². The molecule has 2 N–H and O–H groups in total. The molecule has 0 aliphatic rings. The van der Waals surface area contributed by atoms with Crippen molar-refractivity contribution in [3.8, 4) is 5.75 Å². The van der Waals surface area contributed by atoms with E-state index >= 15 is 0 Å². The number of benzene rings is 1. The summed E-state index contributed by atoms with van der Waals surface area (Å²) in [5.74, 6) is -0.498. The molecule has 1 aromatic rings. The third kappa shape index (κ3) is 6.79. The van der Waals surface area contributed by atoms with Crippen molar-refractivity contribution in [2.24, 2.45) is 0 Å². The number of hydrogen-bond acceptors (Lipinski definition) is 3. The molecule has 0 fully saturated rings. The number of rotatable bonds is 7. The summed E-state index contributed by atoms with van der Waals surface area (Å²) in [6.07, 6.45) is -3.07. The van der Waals surface area contributed by atoms with Gasteiger partial charge < -0.3 is 15.4 Å². The largest absolute Gasteiger partial charge is 0.573 e. The van der Waals surface area contributed by atoms with Gasteiger partial charge in [-0.05, 0) is 17.7 Å². The smallest absolute Gasteiger partial charge is 0.406 e. The molecule has 0 aliphatic heterocycles. The third-order valence-electron chi connectivity index (χ3n) is 2.22. The van der Waals surface area contributed by atoms with Gasteiger partial charge >= 0.3 is 6.36 Å². The first kappa shape index (κ1) is 16.0. The standard InChI is InChI=1S/C13H15F3N2O2/c1-2-7-17-9-12(19)18-8-10-3-5-11(6-4-10)20-13(14,15)16/h2-6,17H,1,7-9H2,(H,18,19). The lowest BCUT2D eigenvalue weighted by Crippen LogP contribution is -2.33. The highest BCUT2D eigenvalue weighted by molar-refractivity contribution is 5.77. The Morgan fingerprint density at radius 2 is 1.95 bits per heavy atom. The number of alkyl halides is 3. The predicted octanol–water partition coefficient (Wildman–Crippen LogP) is 1.98. The number of ether oxygens (including phenoxy) is 1. The maximum absolute atomic E-state index is 12.0. The highest BCUT2D eigenvalue weighted by Gasteiger charge is 2.30. The Kier molecular flexibility index (Phi) is 6.05. The van der Waals surface area contributed by atoms with Gasteiger partial charge in [0, 0.05) is 13.1 Å². The zero-order valence-corrected chi connectivity index (χ0v) is 10.7. The van der Waals surface area contributed by atoms with E-state index in [0.717, 1.165) is 0 Å². The zero-order chi connectivity index (χ0) is 15.0. The van der Waals surface area contributed by atoms with Gasteiger partial charge in [0.15, 0.2) is 0 Å². The summed E-state index contributed by atoms with van der Waals surface area (Å²) >= 11 is 0. The lowest BCUT2D eigenvalue weighted by atomic mass is 10.2. The predicted molar refractivity (Wildman–Crippen MR) is 68.0 cm³/mol. The molecule has 1 aromatic carbocycles. The molecule has 20 heavy (non-hydrogen) atoms. The lowest BCUT2D eigenvalue weighted by Gasteiger charge is -2.10. The first-order valence-corrected chi connectivity index (χ1v) is 5.83. The van der Waals surface area contributed by atoms with Gasteiger partial charge in [-0.3, -0.25) is 4.79 Å². The molecule has 0 aliphatic carbocycles. The first-order chi connectivity index (χ1) is 9.40. The molecule has 4 nitrogen and oxygen atoms in total. The van der Waals surface area contributed by atoms with Crippen molar-refractivity contribution < 1.29 is 22.7 Å². The van der Waals surface area contributed by atoms with Crippen LogP contribution < -0.4 is 15.4 Å². The summed E-state index contributed by atoms with van der Waals surface area (Å²) < 4.78 is 39.6. The third-order valence-corrected chi connectivity index (χ3v) is 2.22. The number of hydrogen-bond donors (Lipinski definition) is 2. The summed E-state index contributed by atoms with van der Waals surface area (Å²) in [5.41, 5.74) is 0.677. The normalized spacial score (nSPS) is 10.9. The molecule has 0 aromatic heterocycles. The monoisotopic (exact) mass is 288 g/mol. The zero-order valence-electron chi connectivity index (χ0n) is 10.7. The van der Waals surface area contributed by atoms with Crippen molar-refractivity contribution in [2.45, 2.75) is 12.9 Å². The molecular formula is C13H15F3N2O2. The SMILES string of the molecule is C=CCNCC(=O)NCc1ccc(OC(F)(F)F)cc1. The van der Waals surface area contributed by atoms with E-state index in [1.54, 1.807) is 6.08 Å². The Balaban J connectivity index is 2.38. The Morgan fingerprint density at radius 3 is 2.50 bits per heavy atom. The van der Waals surface area contributed by atoms with E-state index in [0.29, 0.717) is 12.1 Å². The van der Waals surface area contributed by atoms with Crippen LogP contribution in [0.25, 0.3) is 0 Å². The average Bonchev–Trinajstić information content (AvgIpc) is 2.36. The Bertz CT molecular complexity index is 444. The van der Waals surface area contributed by atoms with Gasteiger partial charge in [0.05, 0.1) is 6.54 Å². The molecule has 0 heterocycles. The summed E-state index contributed by atoms with van der Waals surface area (Å²) in [6.45, 7) is 4.41. The van der Waals surface area contributed by atoms with Crippen LogP contribution in [0.15, 0.2) is 36.9 Å². The summed E-state index contributed by atoms with van der Waals surface area (Å²) in [6, 6.07) is 5.31. The van der Waals surface area contributed by atoms with E-state index in [1.807, 2.05) is 0 Å². The highest BCUT2D eigenvalue weighted by atomic mass is 19.4. The second-order valence-corrected chi connectivity index (χ2v) is 3.89. The molecule has 0 spiro atoms. The maximum atomic E-state index is 12.0. The van der Waals surface area contributed by atoms with E-state index in [1.165, 1.54) is 24.3 Å². The second kappa shape index (κ2) is 7.54. The maximum Gasteiger partial charge on any atom is 0.573 e. The van der Waals surface area contributed by atoms with Gasteiger partial charge in [0.1, 0.15) is 5.75 Å². The van der Waals surface area contributed by atoms with Crippen LogP contribution in [-0.2, 0) is 11.3 Å². The van der Waals surface area contributed by atoms with E-state index in [4.69, 9.17) is 0 Å². The van der Waals surface area contributed by atoms with Crippen molar-refractivity contribution in [1.82, 2.24) is 10.6 Å². The van der Waals surface area contributed by atoms with E-state index in [-0.39, 0.29) is 24.7 Å². The number of halogens is 3. The minimum Gasteiger partial charge on any atom is -0.406 e. The molecular weight excluding hydrogens is 273 g/mol. The lowest BCUT2D eigenvalue weighted by molar-refractivity contribution is -0.274. The van der Waals surface area contributed by atoms with Gasteiger partial charge in [-0.2, -0.15) is 0 Å². The van der Waals surface area contributed by atoms with Crippen molar-refractivity contribution in [1.29, 1.82) is 0 Å². The van der Waals surface area contributed by atoms with Crippen molar-refractivity contribution in [3.63, 3.8) is 0 Å². The minimum atomic E-state index is -4.70. The average molecular weight is 288 g/mol. The van der Waals surface area contributed by atoms with Crippen molar-refractivity contribution >= 4 is 5.91 Å². The summed E-state index contributed by atoms with van der Waals surface area (Å²) in [5, 5.41) is 5.46. The van der Waals surface area contributed by atoms with Crippen molar-refractivity contribution in [3.05, 3.63) is 42.5 Å². The molecule has 0 atom stereocenters. The fourth-order valence-electron chi connectivity index (χ4n) is 1.36. The van der Waals surface area contributed by atoms with Crippen molar-refractivity contribution in [2.75, 3.05) is 13.1 Å². The molecule has 0 saturated heterocycles.